The van der Waals surface area contributed by atoms with Gasteiger partial charge in [0.2, 0.25) is 0 Å². The fourth-order valence-electron chi connectivity index (χ4n) is 1.81. The molecule has 0 radical (unpaired) electrons. The molecule has 98 valence electrons. The molecule has 17 heavy (non-hydrogen) atoms. The van der Waals surface area contributed by atoms with Gasteiger partial charge in [-0.05, 0) is 13.0 Å². The average Bonchev–Trinajstić information content (AvgIpc) is 2.79. The molecule has 0 atom stereocenters. The van der Waals surface area contributed by atoms with Crippen LogP contribution in [0.1, 0.15) is 58.2 Å². The number of aromatic nitrogens is 3. The summed E-state index contributed by atoms with van der Waals surface area (Å²) in [7, 11) is 0. The maximum Gasteiger partial charge on any atom is 0.164 e. The number of rotatable bonds is 10. The summed E-state index contributed by atoms with van der Waals surface area (Å²) in [6.45, 7) is 7.09. The minimum Gasteiger partial charge on any atom is -0.310 e. The predicted octanol–water partition coefficient (Wildman–Crippen LogP) is 2.75. The van der Waals surface area contributed by atoms with Crippen LogP contribution in [0.25, 0.3) is 0 Å². The molecule has 0 saturated heterocycles. The molecule has 1 aromatic rings. The largest absolute Gasteiger partial charge is 0.310 e. The van der Waals surface area contributed by atoms with Crippen molar-refractivity contribution in [2.45, 2.75) is 65.5 Å². The van der Waals surface area contributed by atoms with Gasteiger partial charge in [0, 0.05) is 6.54 Å². The van der Waals surface area contributed by atoms with Crippen molar-refractivity contribution in [1.82, 2.24) is 20.1 Å². The molecule has 0 aliphatic rings. The third-order valence-corrected chi connectivity index (χ3v) is 2.86. The summed E-state index contributed by atoms with van der Waals surface area (Å²) in [5, 5.41) is 7.65. The molecule has 0 unspecified atom stereocenters. The molecular formula is C13H26N4. The Kier molecular flexibility index (Phi) is 7.63. The van der Waals surface area contributed by atoms with E-state index in [0.29, 0.717) is 0 Å². The maximum absolute atomic E-state index is 4.42. The zero-order chi connectivity index (χ0) is 12.3. The highest BCUT2D eigenvalue weighted by atomic mass is 15.3. The van der Waals surface area contributed by atoms with Crippen LogP contribution in [0.2, 0.25) is 0 Å². The first-order valence-corrected chi connectivity index (χ1v) is 6.95. The van der Waals surface area contributed by atoms with Crippen LogP contribution in [-0.2, 0) is 13.1 Å². The fourth-order valence-corrected chi connectivity index (χ4v) is 1.81. The van der Waals surface area contributed by atoms with Crippen LogP contribution in [-0.4, -0.2) is 21.3 Å². The van der Waals surface area contributed by atoms with Gasteiger partial charge in [0.1, 0.15) is 6.33 Å². The van der Waals surface area contributed by atoms with E-state index in [1.165, 1.54) is 38.5 Å². The third kappa shape index (κ3) is 6.41. The van der Waals surface area contributed by atoms with Gasteiger partial charge in [-0.3, -0.25) is 4.68 Å². The van der Waals surface area contributed by atoms with Gasteiger partial charge >= 0.3 is 0 Å². The maximum atomic E-state index is 4.42. The Morgan fingerprint density at radius 1 is 1.12 bits per heavy atom. The Labute approximate surface area is 105 Å². The smallest absolute Gasteiger partial charge is 0.164 e. The molecule has 1 aromatic heterocycles. The van der Waals surface area contributed by atoms with Crippen molar-refractivity contribution < 1.29 is 0 Å². The SMILES string of the molecule is CCCCCCCCn1cnc(CNCC)n1. The molecule has 4 nitrogen and oxygen atoms in total. The Hall–Kier alpha value is -0.900. The first-order valence-electron chi connectivity index (χ1n) is 6.95. The number of nitrogens with one attached hydrogen (secondary N) is 1. The van der Waals surface area contributed by atoms with Crippen LogP contribution < -0.4 is 5.32 Å². The van der Waals surface area contributed by atoms with Crippen molar-refractivity contribution in [2.24, 2.45) is 0 Å². The minimum absolute atomic E-state index is 0.778. The molecule has 0 fully saturated rings. The van der Waals surface area contributed by atoms with Crippen LogP contribution in [0.4, 0.5) is 0 Å². The molecule has 0 saturated carbocycles. The predicted molar refractivity (Wildman–Crippen MR) is 70.8 cm³/mol. The lowest BCUT2D eigenvalue weighted by Gasteiger charge is -2.01. The zero-order valence-electron chi connectivity index (χ0n) is 11.3. The monoisotopic (exact) mass is 238 g/mol. The van der Waals surface area contributed by atoms with Crippen molar-refractivity contribution in [2.75, 3.05) is 6.54 Å². The summed E-state index contributed by atoms with van der Waals surface area (Å²) in [4.78, 5) is 4.27. The first kappa shape index (κ1) is 14.2. The molecule has 1 heterocycles. The zero-order valence-corrected chi connectivity index (χ0v) is 11.3. The number of unbranched alkanes of at least 4 members (excludes halogenated alkanes) is 5. The number of hydrogen-bond acceptors (Lipinski definition) is 3. The van der Waals surface area contributed by atoms with E-state index in [9.17, 15) is 0 Å². The average molecular weight is 238 g/mol. The summed E-state index contributed by atoms with van der Waals surface area (Å²) < 4.78 is 1.96. The lowest BCUT2D eigenvalue weighted by Crippen LogP contribution is -2.13. The van der Waals surface area contributed by atoms with E-state index < -0.39 is 0 Å². The van der Waals surface area contributed by atoms with Gasteiger partial charge in [0.05, 0.1) is 6.54 Å². The second-order valence-electron chi connectivity index (χ2n) is 4.47. The van der Waals surface area contributed by atoms with Crippen molar-refractivity contribution >= 4 is 0 Å². The van der Waals surface area contributed by atoms with E-state index in [1.807, 2.05) is 11.0 Å². The van der Waals surface area contributed by atoms with Crippen molar-refractivity contribution in [3.63, 3.8) is 0 Å². The Balaban J connectivity index is 2.08. The Morgan fingerprint density at radius 2 is 1.88 bits per heavy atom. The number of nitrogens with zero attached hydrogens (tertiary/aromatic N) is 3. The van der Waals surface area contributed by atoms with Crippen LogP contribution in [0.5, 0.6) is 0 Å². The van der Waals surface area contributed by atoms with Crippen LogP contribution in [0, 0.1) is 0 Å². The topological polar surface area (TPSA) is 42.7 Å². The lowest BCUT2D eigenvalue weighted by molar-refractivity contribution is 0.521. The first-order chi connectivity index (χ1) is 8.36. The van der Waals surface area contributed by atoms with E-state index in [0.717, 1.165) is 25.5 Å². The molecular weight excluding hydrogens is 212 g/mol. The normalized spacial score (nSPS) is 10.9. The second-order valence-corrected chi connectivity index (χ2v) is 4.47. The van der Waals surface area contributed by atoms with Gasteiger partial charge in [-0.15, -0.1) is 0 Å². The summed E-state index contributed by atoms with van der Waals surface area (Å²) in [5.74, 6) is 0.901. The van der Waals surface area contributed by atoms with Crippen molar-refractivity contribution in [3.05, 3.63) is 12.2 Å². The lowest BCUT2D eigenvalue weighted by atomic mass is 10.1. The summed E-state index contributed by atoms with van der Waals surface area (Å²) >= 11 is 0. The summed E-state index contributed by atoms with van der Waals surface area (Å²) in [5.41, 5.74) is 0. The van der Waals surface area contributed by atoms with Gasteiger partial charge in [-0.25, -0.2) is 4.98 Å². The standard InChI is InChI=1S/C13H26N4/c1-3-5-6-7-8-9-10-17-12-15-13(16-17)11-14-4-2/h12,14H,3-11H2,1-2H3. The van der Waals surface area contributed by atoms with Crippen molar-refractivity contribution in [3.8, 4) is 0 Å². The highest BCUT2D eigenvalue weighted by Crippen LogP contribution is 2.05. The Bertz CT molecular complexity index is 283. The Morgan fingerprint density at radius 3 is 2.65 bits per heavy atom. The number of aryl methyl sites for hydroxylation is 1. The van der Waals surface area contributed by atoms with Gasteiger partial charge in [-0.1, -0.05) is 46.0 Å². The fraction of sp³-hybridized carbons (Fsp3) is 0.846. The van der Waals surface area contributed by atoms with Crippen molar-refractivity contribution in [1.29, 1.82) is 0 Å². The van der Waals surface area contributed by atoms with E-state index in [4.69, 9.17) is 0 Å². The van der Waals surface area contributed by atoms with Gasteiger partial charge in [0.25, 0.3) is 0 Å². The molecule has 0 spiro atoms. The van der Waals surface area contributed by atoms with Gasteiger partial charge in [0.15, 0.2) is 5.82 Å². The third-order valence-electron chi connectivity index (χ3n) is 2.86. The van der Waals surface area contributed by atoms with Gasteiger partial charge in [-0.2, -0.15) is 5.10 Å². The summed E-state index contributed by atoms with van der Waals surface area (Å²) in [6.07, 6.45) is 9.79. The molecule has 1 N–H and O–H groups in total. The molecule has 0 aliphatic carbocycles. The summed E-state index contributed by atoms with van der Waals surface area (Å²) in [6, 6.07) is 0. The molecule has 0 aromatic carbocycles. The highest BCUT2D eigenvalue weighted by molar-refractivity contribution is 4.80. The molecule has 0 amide bonds. The number of hydrogen-bond donors (Lipinski definition) is 1. The minimum atomic E-state index is 0.778. The molecule has 1 rings (SSSR count). The van der Waals surface area contributed by atoms with Crippen LogP contribution in [0.15, 0.2) is 6.33 Å². The second kappa shape index (κ2) is 9.16. The molecule has 0 aliphatic heterocycles. The van der Waals surface area contributed by atoms with E-state index >= 15 is 0 Å². The van der Waals surface area contributed by atoms with E-state index in [-0.39, 0.29) is 0 Å². The highest BCUT2D eigenvalue weighted by Gasteiger charge is 1.99. The van der Waals surface area contributed by atoms with Crippen LogP contribution in [0.3, 0.4) is 0 Å². The molecule has 0 bridgehead atoms. The quantitative estimate of drug-likeness (QED) is 0.637. The van der Waals surface area contributed by atoms with Gasteiger partial charge < -0.3 is 5.32 Å². The van der Waals surface area contributed by atoms with E-state index in [2.05, 4.69) is 29.2 Å². The van der Waals surface area contributed by atoms with E-state index in [1.54, 1.807) is 0 Å². The van der Waals surface area contributed by atoms with Crippen LogP contribution >= 0.6 is 0 Å². The molecule has 4 heteroatoms.